The fourth-order valence-electron chi connectivity index (χ4n) is 1.62. The normalized spacial score (nSPS) is 10.5. The maximum absolute atomic E-state index is 11.3. The third kappa shape index (κ3) is 1.70. The van der Waals surface area contributed by atoms with Gasteiger partial charge in [-0.3, -0.25) is 0 Å². The summed E-state index contributed by atoms with van der Waals surface area (Å²) >= 11 is 5.11. The Morgan fingerprint density at radius 2 is 2.13 bits per heavy atom. The maximum atomic E-state index is 11.3. The Kier molecular flexibility index (Phi) is 2.40. The zero-order valence-electron chi connectivity index (χ0n) is 8.53. The molecule has 76 valence electrons. The van der Waals surface area contributed by atoms with Gasteiger partial charge in [0.2, 0.25) is 0 Å². The number of benzene rings is 1. The average Bonchev–Trinajstić information content (AvgIpc) is 2.16. The summed E-state index contributed by atoms with van der Waals surface area (Å²) in [5, 5.41) is 0.941. The van der Waals surface area contributed by atoms with Crippen molar-refractivity contribution in [3.05, 3.63) is 45.8 Å². The lowest BCUT2D eigenvalue weighted by atomic mass is 10.1. The molecule has 1 aromatic heterocycles. The SMILES string of the molecule is CC(=S)c1cccc2c(C)cc(=O)oc12. The van der Waals surface area contributed by atoms with Gasteiger partial charge in [0, 0.05) is 21.9 Å². The van der Waals surface area contributed by atoms with Crippen LogP contribution in [0.3, 0.4) is 0 Å². The third-order valence-corrected chi connectivity index (χ3v) is 2.58. The van der Waals surface area contributed by atoms with Crippen molar-refractivity contribution in [3.8, 4) is 0 Å². The molecular formula is C12H10O2S. The quantitative estimate of drug-likeness (QED) is 0.419. The molecule has 1 heterocycles. The van der Waals surface area contributed by atoms with Gasteiger partial charge in [-0.15, -0.1) is 0 Å². The van der Waals surface area contributed by atoms with Crippen molar-refractivity contribution in [1.82, 2.24) is 0 Å². The minimum atomic E-state index is -0.330. The predicted molar refractivity (Wildman–Crippen MR) is 64.6 cm³/mol. The Balaban J connectivity index is 2.97. The smallest absolute Gasteiger partial charge is 0.336 e. The van der Waals surface area contributed by atoms with Crippen LogP contribution in [0.1, 0.15) is 18.1 Å². The van der Waals surface area contributed by atoms with E-state index in [9.17, 15) is 4.79 Å². The van der Waals surface area contributed by atoms with E-state index in [1.165, 1.54) is 6.07 Å². The minimum absolute atomic E-state index is 0.330. The number of hydrogen-bond acceptors (Lipinski definition) is 3. The molecule has 0 unspecified atom stereocenters. The van der Waals surface area contributed by atoms with Crippen LogP contribution in [0, 0.1) is 6.92 Å². The molecule has 0 radical (unpaired) electrons. The van der Waals surface area contributed by atoms with Crippen molar-refractivity contribution in [1.29, 1.82) is 0 Å². The molecule has 0 aliphatic carbocycles. The second kappa shape index (κ2) is 3.59. The Labute approximate surface area is 92.5 Å². The summed E-state index contributed by atoms with van der Waals surface area (Å²) in [6, 6.07) is 7.20. The summed E-state index contributed by atoms with van der Waals surface area (Å²) in [4.78, 5) is 12.0. The molecule has 0 N–H and O–H groups in total. The fourth-order valence-corrected chi connectivity index (χ4v) is 1.78. The summed E-state index contributed by atoms with van der Waals surface area (Å²) in [6.45, 7) is 3.72. The Morgan fingerprint density at radius 1 is 1.40 bits per heavy atom. The number of aryl methyl sites for hydroxylation is 1. The summed E-state index contributed by atoms with van der Waals surface area (Å²) in [7, 11) is 0. The van der Waals surface area contributed by atoms with E-state index in [2.05, 4.69) is 0 Å². The van der Waals surface area contributed by atoms with Crippen molar-refractivity contribution >= 4 is 28.1 Å². The van der Waals surface area contributed by atoms with E-state index in [1.54, 1.807) is 0 Å². The maximum Gasteiger partial charge on any atom is 0.336 e. The van der Waals surface area contributed by atoms with Crippen molar-refractivity contribution in [2.24, 2.45) is 0 Å². The molecule has 1 aromatic carbocycles. The molecular weight excluding hydrogens is 208 g/mol. The van der Waals surface area contributed by atoms with Gasteiger partial charge in [0.25, 0.3) is 0 Å². The van der Waals surface area contributed by atoms with Crippen LogP contribution in [-0.2, 0) is 0 Å². The molecule has 0 aliphatic heterocycles. The highest BCUT2D eigenvalue weighted by Crippen LogP contribution is 2.20. The molecule has 0 saturated heterocycles. The van der Waals surface area contributed by atoms with Crippen molar-refractivity contribution in [2.75, 3.05) is 0 Å². The van der Waals surface area contributed by atoms with Gasteiger partial charge in [0.1, 0.15) is 5.58 Å². The highest BCUT2D eigenvalue weighted by atomic mass is 32.1. The Bertz CT molecular complexity index is 596. The molecule has 0 fully saturated rings. The van der Waals surface area contributed by atoms with Gasteiger partial charge in [0.15, 0.2) is 0 Å². The zero-order valence-corrected chi connectivity index (χ0v) is 9.35. The van der Waals surface area contributed by atoms with Crippen LogP contribution >= 0.6 is 12.2 Å². The second-order valence-electron chi connectivity index (χ2n) is 3.49. The van der Waals surface area contributed by atoms with Gasteiger partial charge in [-0.05, 0) is 19.4 Å². The standard InChI is InChI=1S/C12H10O2S/c1-7-6-11(13)14-12-9(7)4-3-5-10(12)8(2)15/h3-6H,1-2H3. The molecule has 0 amide bonds. The molecule has 0 atom stereocenters. The molecule has 15 heavy (non-hydrogen) atoms. The first-order valence-electron chi connectivity index (χ1n) is 4.64. The molecule has 0 saturated carbocycles. The molecule has 0 aliphatic rings. The van der Waals surface area contributed by atoms with Crippen LogP contribution in [0.15, 0.2) is 33.5 Å². The summed E-state index contributed by atoms with van der Waals surface area (Å²) in [6.07, 6.45) is 0. The summed E-state index contributed by atoms with van der Waals surface area (Å²) < 4.78 is 5.19. The van der Waals surface area contributed by atoms with E-state index < -0.39 is 0 Å². The number of para-hydroxylation sites is 1. The average molecular weight is 218 g/mol. The van der Waals surface area contributed by atoms with Gasteiger partial charge in [0.05, 0.1) is 0 Å². The number of thiocarbonyl (C=S) groups is 1. The molecule has 3 heteroatoms. The largest absolute Gasteiger partial charge is 0.422 e. The highest BCUT2D eigenvalue weighted by molar-refractivity contribution is 7.80. The van der Waals surface area contributed by atoms with E-state index in [4.69, 9.17) is 16.6 Å². The Hall–Kier alpha value is -1.48. The van der Waals surface area contributed by atoms with E-state index >= 15 is 0 Å². The van der Waals surface area contributed by atoms with Gasteiger partial charge in [-0.2, -0.15) is 0 Å². The van der Waals surface area contributed by atoms with E-state index in [-0.39, 0.29) is 5.63 Å². The summed E-state index contributed by atoms with van der Waals surface area (Å²) in [5.41, 5.74) is 2.00. The molecule has 0 spiro atoms. The van der Waals surface area contributed by atoms with Gasteiger partial charge in [-0.1, -0.05) is 30.4 Å². The number of rotatable bonds is 1. The van der Waals surface area contributed by atoms with Crippen LogP contribution < -0.4 is 5.63 Å². The fraction of sp³-hybridized carbons (Fsp3) is 0.167. The van der Waals surface area contributed by atoms with Crippen LogP contribution in [0.5, 0.6) is 0 Å². The monoisotopic (exact) mass is 218 g/mol. The number of fused-ring (bicyclic) bond motifs is 1. The van der Waals surface area contributed by atoms with Crippen molar-refractivity contribution in [3.63, 3.8) is 0 Å². The van der Waals surface area contributed by atoms with Crippen LogP contribution in [0.2, 0.25) is 0 Å². The molecule has 2 nitrogen and oxygen atoms in total. The summed E-state index contributed by atoms with van der Waals surface area (Å²) in [5.74, 6) is 0. The van der Waals surface area contributed by atoms with Crippen LogP contribution in [-0.4, -0.2) is 4.86 Å². The lowest BCUT2D eigenvalue weighted by molar-refractivity contribution is 0.559. The minimum Gasteiger partial charge on any atom is -0.422 e. The van der Waals surface area contributed by atoms with Crippen LogP contribution in [0.25, 0.3) is 11.0 Å². The first-order valence-corrected chi connectivity index (χ1v) is 5.05. The zero-order chi connectivity index (χ0) is 11.0. The van der Waals surface area contributed by atoms with Gasteiger partial charge < -0.3 is 4.42 Å². The van der Waals surface area contributed by atoms with E-state index in [0.717, 1.165) is 21.4 Å². The second-order valence-corrected chi connectivity index (χ2v) is 4.10. The van der Waals surface area contributed by atoms with E-state index in [0.29, 0.717) is 5.58 Å². The number of hydrogen-bond donors (Lipinski definition) is 0. The van der Waals surface area contributed by atoms with Crippen molar-refractivity contribution < 1.29 is 4.42 Å². The Morgan fingerprint density at radius 3 is 2.80 bits per heavy atom. The molecule has 2 aromatic rings. The first-order chi connectivity index (χ1) is 7.09. The van der Waals surface area contributed by atoms with Gasteiger partial charge in [-0.25, -0.2) is 4.79 Å². The van der Waals surface area contributed by atoms with E-state index in [1.807, 2.05) is 32.0 Å². The van der Waals surface area contributed by atoms with Gasteiger partial charge >= 0.3 is 5.63 Å². The van der Waals surface area contributed by atoms with Crippen molar-refractivity contribution in [2.45, 2.75) is 13.8 Å². The predicted octanol–water partition coefficient (Wildman–Crippen LogP) is 2.84. The molecule has 2 rings (SSSR count). The lowest BCUT2D eigenvalue weighted by Crippen LogP contribution is -2.01. The first kappa shape index (κ1) is 10.1. The van der Waals surface area contributed by atoms with Crippen LogP contribution in [0.4, 0.5) is 0 Å². The topological polar surface area (TPSA) is 30.2 Å². The third-order valence-electron chi connectivity index (χ3n) is 2.36. The molecule has 0 bridgehead atoms. The lowest BCUT2D eigenvalue weighted by Gasteiger charge is -2.04. The highest BCUT2D eigenvalue weighted by Gasteiger charge is 2.07.